The molecule has 0 atom stereocenters. The second kappa shape index (κ2) is 3.15. The van der Waals surface area contributed by atoms with Crippen LogP contribution in [0.5, 0.6) is 5.75 Å². The van der Waals surface area contributed by atoms with Gasteiger partial charge in [-0.1, -0.05) is 25.1 Å². The van der Waals surface area contributed by atoms with Gasteiger partial charge in [-0.3, -0.25) is 0 Å². The molecule has 1 aliphatic carbocycles. The number of hydrogen-bond donors (Lipinski definition) is 0. The van der Waals surface area contributed by atoms with E-state index in [-0.39, 0.29) is 11.2 Å². The molecule has 0 N–H and O–H groups in total. The molecule has 0 radical (unpaired) electrons. The van der Waals surface area contributed by atoms with Crippen molar-refractivity contribution in [3.05, 3.63) is 29.8 Å². The summed E-state index contributed by atoms with van der Waals surface area (Å²) in [5.41, 5.74) is 0.532. The molecule has 0 aliphatic heterocycles. The molecule has 82 valence electrons. The minimum atomic E-state index is -4.61. The summed E-state index contributed by atoms with van der Waals surface area (Å²) in [6.45, 7) is 1.95. The van der Waals surface area contributed by atoms with E-state index >= 15 is 0 Å². The smallest absolute Gasteiger partial charge is 0.405 e. The van der Waals surface area contributed by atoms with Crippen molar-refractivity contribution in [1.29, 1.82) is 0 Å². The standard InChI is InChI=1S/C11H11F3O/c1-10(6-7-10)8-4-2-3-5-9(8)15-11(12,13)14/h2-5H,6-7H2,1H3. The van der Waals surface area contributed by atoms with E-state index < -0.39 is 6.36 Å². The highest BCUT2D eigenvalue weighted by Crippen LogP contribution is 2.51. The maximum atomic E-state index is 12.1. The van der Waals surface area contributed by atoms with Gasteiger partial charge in [-0.05, 0) is 24.3 Å². The minimum absolute atomic E-state index is 0.0648. The van der Waals surface area contributed by atoms with Crippen molar-refractivity contribution >= 4 is 0 Å². The SMILES string of the molecule is CC1(c2ccccc2OC(F)(F)F)CC1. The van der Waals surface area contributed by atoms with E-state index in [1.165, 1.54) is 6.07 Å². The van der Waals surface area contributed by atoms with Crippen LogP contribution >= 0.6 is 0 Å². The molecule has 0 saturated heterocycles. The van der Waals surface area contributed by atoms with Gasteiger partial charge in [0.1, 0.15) is 5.75 Å². The van der Waals surface area contributed by atoms with Crippen LogP contribution in [-0.2, 0) is 5.41 Å². The quantitative estimate of drug-likeness (QED) is 0.733. The largest absolute Gasteiger partial charge is 0.573 e. The first-order chi connectivity index (χ1) is 6.91. The van der Waals surface area contributed by atoms with Gasteiger partial charge in [0.05, 0.1) is 0 Å². The van der Waals surface area contributed by atoms with Crippen LogP contribution in [0, 0.1) is 0 Å². The summed E-state index contributed by atoms with van der Waals surface area (Å²) in [5, 5.41) is 0. The molecule has 1 fully saturated rings. The topological polar surface area (TPSA) is 9.23 Å². The van der Waals surface area contributed by atoms with Crippen molar-refractivity contribution in [1.82, 2.24) is 0 Å². The van der Waals surface area contributed by atoms with Gasteiger partial charge in [0.2, 0.25) is 0 Å². The van der Waals surface area contributed by atoms with Crippen LogP contribution in [0.15, 0.2) is 24.3 Å². The zero-order valence-electron chi connectivity index (χ0n) is 8.27. The third-order valence-corrected chi connectivity index (χ3v) is 2.76. The van der Waals surface area contributed by atoms with Crippen LogP contribution in [0.25, 0.3) is 0 Å². The Morgan fingerprint density at radius 2 is 1.80 bits per heavy atom. The van der Waals surface area contributed by atoms with E-state index in [1.807, 2.05) is 6.92 Å². The zero-order chi connectivity index (χ0) is 11.1. The van der Waals surface area contributed by atoms with E-state index in [2.05, 4.69) is 4.74 Å². The number of para-hydroxylation sites is 1. The number of ether oxygens (including phenoxy) is 1. The molecule has 1 saturated carbocycles. The summed E-state index contributed by atoms with van der Waals surface area (Å²) in [7, 11) is 0. The second-order valence-electron chi connectivity index (χ2n) is 4.10. The number of hydrogen-bond acceptors (Lipinski definition) is 1. The Morgan fingerprint density at radius 1 is 1.20 bits per heavy atom. The lowest BCUT2D eigenvalue weighted by Crippen LogP contribution is -2.19. The molecule has 1 aliphatic rings. The Labute approximate surface area is 85.9 Å². The summed E-state index contributed by atoms with van der Waals surface area (Å²) in [5.74, 6) is -0.0648. The lowest BCUT2D eigenvalue weighted by Gasteiger charge is -2.16. The average Bonchev–Trinajstić information content (AvgIpc) is 2.83. The summed E-state index contributed by atoms with van der Waals surface area (Å²) in [6, 6.07) is 6.36. The molecular weight excluding hydrogens is 205 g/mol. The first-order valence-corrected chi connectivity index (χ1v) is 4.76. The molecule has 1 aromatic rings. The molecule has 1 aromatic carbocycles. The van der Waals surface area contributed by atoms with Gasteiger partial charge in [-0.15, -0.1) is 13.2 Å². The van der Waals surface area contributed by atoms with Crippen molar-refractivity contribution in [2.45, 2.75) is 31.5 Å². The number of rotatable bonds is 2. The van der Waals surface area contributed by atoms with Crippen LogP contribution in [0.3, 0.4) is 0 Å². The van der Waals surface area contributed by atoms with Crippen LogP contribution in [0.2, 0.25) is 0 Å². The van der Waals surface area contributed by atoms with Gasteiger partial charge >= 0.3 is 6.36 Å². The van der Waals surface area contributed by atoms with Crippen molar-refractivity contribution in [3.63, 3.8) is 0 Å². The van der Waals surface area contributed by atoms with Crippen LogP contribution in [-0.4, -0.2) is 6.36 Å². The summed E-state index contributed by atoms with van der Waals surface area (Å²) in [6.07, 6.45) is -2.77. The third kappa shape index (κ3) is 2.25. The second-order valence-corrected chi connectivity index (χ2v) is 4.10. The van der Waals surface area contributed by atoms with Gasteiger partial charge in [0.25, 0.3) is 0 Å². The van der Waals surface area contributed by atoms with Crippen molar-refractivity contribution in [2.24, 2.45) is 0 Å². The first kappa shape index (κ1) is 10.3. The summed E-state index contributed by atoms with van der Waals surface area (Å²) in [4.78, 5) is 0. The Kier molecular flexibility index (Phi) is 2.17. The van der Waals surface area contributed by atoms with Gasteiger partial charge in [-0.25, -0.2) is 0 Å². The van der Waals surface area contributed by atoms with Crippen molar-refractivity contribution in [2.75, 3.05) is 0 Å². The highest BCUT2D eigenvalue weighted by Gasteiger charge is 2.43. The minimum Gasteiger partial charge on any atom is -0.405 e. The fraction of sp³-hybridized carbons (Fsp3) is 0.455. The highest BCUT2D eigenvalue weighted by atomic mass is 19.4. The molecule has 0 spiro atoms. The Morgan fingerprint density at radius 3 is 2.33 bits per heavy atom. The monoisotopic (exact) mass is 216 g/mol. The van der Waals surface area contributed by atoms with E-state index in [0.29, 0.717) is 5.56 Å². The normalized spacial score (nSPS) is 18.7. The van der Waals surface area contributed by atoms with Gasteiger partial charge < -0.3 is 4.74 Å². The van der Waals surface area contributed by atoms with Gasteiger partial charge in [0, 0.05) is 5.56 Å². The van der Waals surface area contributed by atoms with Crippen molar-refractivity contribution in [3.8, 4) is 5.75 Å². The Balaban J connectivity index is 2.31. The van der Waals surface area contributed by atoms with Gasteiger partial charge in [0.15, 0.2) is 0 Å². The maximum Gasteiger partial charge on any atom is 0.573 e. The average molecular weight is 216 g/mol. The molecule has 0 bridgehead atoms. The lowest BCUT2D eigenvalue weighted by atomic mass is 9.97. The highest BCUT2D eigenvalue weighted by molar-refractivity contribution is 5.42. The van der Waals surface area contributed by atoms with E-state index in [4.69, 9.17) is 0 Å². The number of benzene rings is 1. The number of halogens is 3. The molecule has 2 rings (SSSR count). The summed E-state index contributed by atoms with van der Waals surface area (Å²) < 4.78 is 40.3. The number of alkyl halides is 3. The molecule has 4 heteroatoms. The molecule has 0 aromatic heterocycles. The molecule has 15 heavy (non-hydrogen) atoms. The molecule has 0 heterocycles. The fourth-order valence-electron chi connectivity index (χ4n) is 1.64. The molecular formula is C11H11F3O. The van der Waals surface area contributed by atoms with Crippen molar-refractivity contribution < 1.29 is 17.9 Å². The van der Waals surface area contributed by atoms with E-state index in [0.717, 1.165) is 12.8 Å². The van der Waals surface area contributed by atoms with Crippen LogP contribution in [0.1, 0.15) is 25.3 Å². The van der Waals surface area contributed by atoms with Crippen LogP contribution < -0.4 is 4.74 Å². The summed E-state index contributed by atoms with van der Waals surface area (Å²) >= 11 is 0. The predicted octanol–water partition coefficient (Wildman–Crippen LogP) is 3.64. The van der Waals surface area contributed by atoms with Crippen LogP contribution in [0.4, 0.5) is 13.2 Å². The fourth-order valence-corrected chi connectivity index (χ4v) is 1.64. The maximum absolute atomic E-state index is 12.1. The lowest BCUT2D eigenvalue weighted by molar-refractivity contribution is -0.275. The van der Waals surface area contributed by atoms with E-state index in [1.54, 1.807) is 18.2 Å². The third-order valence-electron chi connectivity index (χ3n) is 2.76. The molecule has 1 nitrogen and oxygen atoms in total. The zero-order valence-corrected chi connectivity index (χ0v) is 8.27. The molecule has 0 unspecified atom stereocenters. The molecule has 0 amide bonds. The Hall–Kier alpha value is -1.19. The predicted molar refractivity (Wildman–Crippen MR) is 49.7 cm³/mol. The first-order valence-electron chi connectivity index (χ1n) is 4.76. The van der Waals surface area contributed by atoms with Gasteiger partial charge in [-0.2, -0.15) is 0 Å². The Bertz CT molecular complexity index is 366. The van der Waals surface area contributed by atoms with E-state index in [9.17, 15) is 13.2 Å².